The zero-order valence-corrected chi connectivity index (χ0v) is 13.7. The van der Waals surface area contributed by atoms with E-state index in [1.165, 1.54) is 37.3 Å². The lowest BCUT2D eigenvalue weighted by Crippen LogP contribution is -2.22. The largest absolute Gasteiger partial charge is 0.503 e. The molecule has 130 valence electrons. The van der Waals surface area contributed by atoms with Crippen molar-refractivity contribution in [1.29, 1.82) is 0 Å². The molecular weight excluding hydrogens is 329 g/mol. The van der Waals surface area contributed by atoms with Crippen molar-refractivity contribution in [2.24, 2.45) is 0 Å². The quantitative estimate of drug-likeness (QED) is 0.842. The van der Waals surface area contributed by atoms with Crippen molar-refractivity contribution < 1.29 is 28.2 Å². The molecule has 1 aromatic heterocycles. The maximum absolute atomic E-state index is 13.2. The second kappa shape index (κ2) is 6.43. The van der Waals surface area contributed by atoms with Gasteiger partial charge in [-0.25, -0.2) is 4.39 Å². The topological polar surface area (TPSA) is 80.0 Å². The Labute approximate surface area is 143 Å². The van der Waals surface area contributed by atoms with E-state index in [-0.39, 0.29) is 17.9 Å². The van der Waals surface area contributed by atoms with Crippen molar-refractivity contribution in [3.8, 4) is 5.75 Å². The molecular formula is C18H16FNO5. The van der Waals surface area contributed by atoms with Crippen molar-refractivity contribution in [3.63, 3.8) is 0 Å². The number of methoxy groups -OCH3 is 1. The molecule has 0 spiro atoms. The number of ether oxygens (including phenoxy) is 1. The van der Waals surface area contributed by atoms with Crippen LogP contribution in [-0.4, -0.2) is 42.4 Å². The second-order valence-electron chi connectivity index (χ2n) is 5.72. The number of hydrogen-bond donors (Lipinski definition) is 1. The minimum Gasteiger partial charge on any atom is -0.503 e. The second-order valence-corrected chi connectivity index (χ2v) is 5.72. The maximum atomic E-state index is 13.2. The van der Waals surface area contributed by atoms with E-state index < -0.39 is 23.3 Å². The number of amides is 1. The molecule has 1 aliphatic rings. The van der Waals surface area contributed by atoms with E-state index in [9.17, 15) is 19.1 Å². The Bertz CT molecular complexity index is 883. The molecule has 7 heteroatoms. The number of aliphatic hydroxyl groups is 1. The van der Waals surface area contributed by atoms with Gasteiger partial charge in [0.15, 0.2) is 11.5 Å². The fourth-order valence-corrected chi connectivity index (χ4v) is 2.67. The fraction of sp³-hybridized carbons (Fsp3) is 0.222. The molecule has 0 saturated heterocycles. The number of aliphatic hydroxyl groups excluding tert-OH is 1. The molecule has 1 N–H and O–H groups in total. The molecule has 0 radical (unpaired) electrons. The van der Waals surface area contributed by atoms with E-state index in [2.05, 4.69) is 0 Å². The van der Waals surface area contributed by atoms with Crippen LogP contribution in [0.1, 0.15) is 21.9 Å². The molecule has 1 amide bonds. The van der Waals surface area contributed by atoms with Crippen LogP contribution in [0.25, 0.3) is 0 Å². The summed E-state index contributed by atoms with van der Waals surface area (Å²) in [5, 5.41) is 9.77. The normalized spacial score (nSPS) is 14.4. The molecule has 0 aliphatic carbocycles. The third-order valence-electron chi connectivity index (χ3n) is 4.00. The Kier molecular flexibility index (Phi) is 4.31. The molecule has 6 nitrogen and oxygen atoms in total. The predicted octanol–water partition coefficient (Wildman–Crippen LogP) is 2.48. The van der Waals surface area contributed by atoms with Gasteiger partial charge in [-0.1, -0.05) is 6.07 Å². The van der Waals surface area contributed by atoms with Crippen LogP contribution in [0.4, 0.5) is 4.39 Å². The summed E-state index contributed by atoms with van der Waals surface area (Å²) in [6.45, 7) is 0.0331. The highest BCUT2D eigenvalue weighted by Gasteiger charge is 2.33. The van der Waals surface area contributed by atoms with E-state index in [0.717, 1.165) is 0 Å². The number of carbonyl (C=O) groups excluding carboxylic acids is 2. The summed E-state index contributed by atoms with van der Waals surface area (Å²) in [5.41, 5.74) is 0.711. The summed E-state index contributed by atoms with van der Waals surface area (Å²) in [7, 11) is 2.94. The minimum absolute atomic E-state index is 0.00719. The summed E-state index contributed by atoms with van der Waals surface area (Å²) < 4.78 is 23.9. The number of hydrogen-bond acceptors (Lipinski definition) is 5. The average molecular weight is 345 g/mol. The highest BCUT2D eigenvalue weighted by atomic mass is 19.1. The number of rotatable bonds is 5. The predicted molar refractivity (Wildman–Crippen MR) is 86.1 cm³/mol. The molecule has 0 bridgehead atoms. The smallest absolute Gasteiger partial charge is 0.289 e. The molecule has 0 saturated carbocycles. The first-order valence-electron chi connectivity index (χ1n) is 7.54. The molecule has 1 aromatic carbocycles. The first kappa shape index (κ1) is 16.8. The SMILES string of the molecule is COc1cc(F)ccc1Cc1ccc(C(=O)C2=C(O)C(=O)N(C)C2)o1. The standard InChI is InChI=1S/C18H16FNO5/c1-20-9-13(17(22)18(20)23)16(21)14-6-5-12(25-14)7-10-3-4-11(19)8-15(10)24-2/h3-6,8,22H,7,9H2,1-2H3. The Morgan fingerprint density at radius 2 is 2.12 bits per heavy atom. The van der Waals surface area contributed by atoms with Crippen LogP contribution >= 0.6 is 0 Å². The van der Waals surface area contributed by atoms with Gasteiger partial charge in [0.1, 0.15) is 17.3 Å². The maximum Gasteiger partial charge on any atom is 0.289 e. The van der Waals surface area contributed by atoms with Gasteiger partial charge < -0.3 is 19.2 Å². The molecule has 2 aromatic rings. The summed E-state index contributed by atoms with van der Waals surface area (Å²) in [6.07, 6.45) is 0.306. The molecule has 2 heterocycles. The van der Waals surface area contributed by atoms with Crippen LogP contribution in [-0.2, 0) is 11.2 Å². The number of nitrogens with zero attached hydrogens (tertiary/aromatic N) is 1. The van der Waals surface area contributed by atoms with Gasteiger partial charge in [0, 0.05) is 25.1 Å². The first-order chi connectivity index (χ1) is 11.9. The molecule has 1 aliphatic heterocycles. The number of benzene rings is 1. The van der Waals surface area contributed by atoms with Gasteiger partial charge in [0.05, 0.1) is 19.2 Å². The van der Waals surface area contributed by atoms with Crippen molar-refractivity contribution in [1.82, 2.24) is 4.90 Å². The lowest BCUT2D eigenvalue weighted by molar-refractivity contribution is -0.126. The lowest BCUT2D eigenvalue weighted by Gasteiger charge is -2.07. The Morgan fingerprint density at radius 3 is 2.76 bits per heavy atom. The van der Waals surface area contributed by atoms with E-state index in [4.69, 9.17) is 9.15 Å². The molecule has 0 atom stereocenters. The molecule has 25 heavy (non-hydrogen) atoms. The third kappa shape index (κ3) is 3.13. The van der Waals surface area contributed by atoms with E-state index in [1.807, 2.05) is 0 Å². The molecule has 0 fully saturated rings. The lowest BCUT2D eigenvalue weighted by atomic mass is 10.1. The van der Waals surface area contributed by atoms with Crippen LogP contribution in [0.2, 0.25) is 0 Å². The van der Waals surface area contributed by atoms with Crippen LogP contribution in [0.15, 0.2) is 46.1 Å². The van der Waals surface area contributed by atoms with Crippen molar-refractivity contribution >= 4 is 11.7 Å². The van der Waals surface area contributed by atoms with Crippen molar-refractivity contribution in [3.05, 3.63) is 64.6 Å². The number of halogens is 1. The number of carbonyl (C=O) groups is 2. The monoisotopic (exact) mass is 345 g/mol. The number of Topliss-reactive ketones (excluding diaryl/α,β-unsaturated/α-hetero) is 1. The zero-order chi connectivity index (χ0) is 18.1. The zero-order valence-electron chi connectivity index (χ0n) is 13.7. The Morgan fingerprint density at radius 1 is 1.36 bits per heavy atom. The Balaban J connectivity index is 1.82. The summed E-state index contributed by atoms with van der Waals surface area (Å²) in [6, 6.07) is 7.27. The highest BCUT2D eigenvalue weighted by Crippen LogP contribution is 2.25. The van der Waals surface area contributed by atoms with Gasteiger partial charge in [-0.05, 0) is 18.2 Å². The van der Waals surface area contributed by atoms with Crippen LogP contribution < -0.4 is 4.74 Å². The van der Waals surface area contributed by atoms with Crippen LogP contribution in [0, 0.1) is 5.82 Å². The summed E-state index contributed by atoms with van der Waals surface area (Å²) >= 11 is 0. The van der Waals surface area contributed by atoms with Crippen LogP contribution in [0.3, 0.4) is 0 Å². The Hall–Kier alpha value is -3.09. The van der Waals surface area contributed by atoms with Gasteiger partial charge in [-0.3, -0.25) is 9.59 Å². The van der Waals surface area contributed by atoms with E-state index >= 15 is 0 Å². The minimum atomic E-state index is -0.592. The number of furan rings is 1. The van der Waals surface area contributed by atoms with Gasteiger partial charge in [-0.15, -0.1) is 0 Å². The highest BCUT2D eigenvalue weighted by molar-refractivity contribution is 6.14. The molecule has 3 rings (SSSR count). The van der Waals surface area contributed by atoms with Gasteiger partial charge in [0.25, 0.3) is 5.91 Å². The van der Waals surface area contributed by atoms with E-state index in [0.29, 0.717) is 23.5 Å². The van der Waals surface area contributed by atoms with Gasteiger partial charge in [-0.2, -0.15) is 0 Å². The first-order valence-corrected chi connectivity index (χ1v) is 7.54. The third-order valence-corrected chi connectivity index (χ3v) is 4.00. The van der Waals surface area contributed by atoms with Crippen molar-refractivity contribution in [2.45, 2.75) is 6.42 Å². The number of ketones is 1. The average Bonchev–Trinajstić information content (AvgIpc) is 3.16. The van der Waals surface area contributed by atoms with Crippen LogP contribution in [0.5, 0.6) is 5.75 Å². The summed E-state index contributed by atoms with van der Waals surface area (Å²) in [4.78, 5) is 25.2. The van der Waals surface area contributed by atoms with Gasteiger partial charge >= 0.3 is 0 Å². The number of likely N-dealkylation sites (N-methyl/N-ethyl adjacent to an activating group) is 1. The van der Waals surface area contributed by atoms with Gasteiger partial charge in [0.2, 0.25) is 5.78 Å². The molecule has 0 unspecified atom stereocenters. The fourth-order valence-electron chi connectivity index (χ4n) is 2.67. The summed E-state index contributed by atoms with van der Waals surface area (Å²) in [5.74, 6) is -1.20. The van der Waals surface area contributed by atoms with E-state index in [1.54, 1.807) is 12.1 Å². The van der Waals surface area contributed by atoms with Crippen molar-refractivity contribution in [2.75, 3.05) is 20.7 Å².